The molecule has 0 atom stereocenters. The van der Waals surface area contributed by atoms with Crippen LogP contribution < -0.4 is 0 Å². The molecule has 2 heterocycles. The highest BCUT2D eigenvalue weighted by molar-refractivity contribution is 7.89. The first-order valence-corrected chi connectivity index (χ1v) is 11.6. The summed E-state index contributed by atoms with van der Waals surface area (Å²) in [6.07, 6.45) is 0.645. The number of carbonyl (C=O) groups excluding carboxylic acids is 2. The van der Waals surface area contributed by atoms with E-state index in [4.69, 9.17) is 11.6 Å². The fraction of sp³-hybridized carbons (Fsp3) is 0.333. The predicted molar refractivity (Wildman–Crippen MR) is 113 cm³/mol. The molecule has 0 saturated carbocycles. The van der Waals surface area contributed by atoms with E-state index >= 15 is 0 Å². The van der Waals surface area contributed by atoms with Gasteiger partial charge in [0.15, 0.2) is 0 Å². The molecule has 2 aromatic rings. The van der Waals surface area contributed by atoms with E-state index in [0.29, 0.717) is 61.8 Å². The van der Waals surface area contributed by atoms with E-state index in [-0.39, 0.29) is 16.7 Å². The van der Waals surface area contributed by atoms with Crippen LogP contribution >= 0.6 is 11.6 Å². The van der Waals surface area contributed by atoms with Gasteiger partial charge >= 0.3 is 0 Å². The van der Waals surface area contributed by atoms with Gasteiger partial charge in [-0.1, -0.05) is 29.8 Å². The van der Waals surface area contributed by atoms with Crippen LogP contribution in [-0.2, 0) is 10.0 Å². The Morgan fingerprint density at radius 1 is 0.833 bits per heavy atom. The molecule has 0 N–H and O–H groups in total. The Labute approximate surface area is 180 Å². The molecule has 0 spiro atoms. The summed E-state index contributed by atoms with van der Waals surface area (Å²) in [6.45, 7) is 3.03. The van der Waals surface area contributed by atoms with Crippen LogP contribution in [0.3, 0.4) is 0 Å². The Morgan fingerprint density at radius 2 is 1.47 bits per heavy atom. The van der Waals surface area contributed by atoms with Crippen molar-refractivity contribution in [2.75, 3.05) is 39.3 Å². The standard InChI is InChI=1S/C21H22ClN3O4S/c22-16-5-3-6-17(15-16)30(28,29)24-13-11-23(12-14-24)9-4-10-25-20(26)18-7-1-2-8-19(18)21(25)27/h1-3,5-8,15H,4,9-14H2. The molecule has 0 bridgehead atoms. The molecule has 1 fully saturated rings. The first kappa shape index (κ1) is 21.0. The third kappa shape index (κ3) is 4.00. The summed E-state index contributed by atoms with van der Waals surface area (Å²) in [4.78, 5) is 28.5. The molecule has 2 aromatic carbocycles. The number of hydrogen-bond acceptors (Lipinski definition) is 5. The molecule has 2 amide bonds. The van der Waals surface area contributed by atoms with Crippen molar-refractivity contribution in [3.8, 4) is 0 Å². The zero-order valence-corrected chi connectivity index (χ0v) is 17.9. The van der Waals surface area contributed by atoms with Crippen molar-refractivity contribution in [1.29, 1.82) is 0 Å². The maximum Gasteiger partial charge on any atom is 0.261 e. The summed E-state index contributed by atoms with van der Waals surface area (Å²) in [5.74, 6) is -0.485. The maximum atomic E-state index is 12.8. The van der Waals surface area contributed by atoms with Crippen LogP contribution in [0.4, 0.5) is 0 Å². The van der Waals surface area contributed by atoms with Crippen molar-refractivity contribution in [3.63, 3.8) is 0 Å². The molecule has 4 rings (SSSR count). The molecule has 0 radical (unpaired) electrons. The van der Waals surface area contributed by atoms with Gasteiger partial charge in [-0.2, -0.15) is 4.31 Å². The maximum absolute atomic E-state index is 12.8. The number of hydrogen-bond donors (Lipinski definition) is 0. The van der Waals surface area contributed by atoms with Crippen molar-refractivity contribution in [1.82, 2.24) is 14.1 Å². The van der Waals surface area contributed by atoms with Gasteiger partial charge in [-0.3, -0.25) is 14.5 Å². The average Bonchev–Trinajstić information content (AvgIpc) is 2.99. The second-order valence-electron chi connectivity index (χ2n) is 7.36. The van der Waals surface area contributed by atoms with Crippen LogP contribution in [-0.4, -0.2) is 73.6 Å². The van der Waals surface area contributed by atoms with Crippen molar-refractivity contribution in [2.24, 2.45) is 0 Å². The van der Waals surface area contributed by atoms with Crippen LogP contribution in [0, 0.1) is 0 Å². The van der Waals surface area contributed by atoms with Gasteiger partial charge in [0.2, 0.25) is 10.0 Å². The Bertz CT molecular complexity index is 1050. The summed E-state index contributed by atoms with van der Waals surface area (Å²) < 4.78 is 27.0. The van der Waals surface area contributed by atoms with E-state index in [1.54, 1.807) is 42.5 Å². The topological polar surface area (TPSA) is 78.0 Å². The molecular weight excluding hydrogens is 426 g/mol. The first-order chi connectivity index (χ1) is 14.4. The van der Waals surface area contributed by atoms with Crippen LogP contribution in [0.25, 0.3) is 0 Å². The smallest absolute Gasteiger partial charge is 0.261 e. The summed E-state index contributed by atoms with van der Waals surface area (Å²) in [5.41, 5.74) is 0.921. The van der Waals surface area contributed by atoms with Crippen LogP contribution in [0.1, 0.15) is 27.1 Å². The second kappa shape index (κ2) is 8.47. The Balaban J connectivity index is 1.28. The SMILES string of the molecule is O=C1c2ccccc2C(=O)N1CCCN1CCN(S(=O)(=O)c2cccc(Cl)c2)CC1. The number of sulfonamides is 1. The molecule has 0 aliphatic carbocycles. The van der Waals surface area contributed by atoms with Gasteiger partial charge in [-0.25, -0.2) is 8.42 Å². The Kier molecular flexibility index (Phi) is 5.92. The van der Waals surface area contributed by atoms with Gasteiger partial charge < -0.3 is 4.90 Å². The third-order valence-electron chi connectivity index (χ3n) is 5.50. The number of halogens is 1. The summed E-state index contributed by atoms with van der Waals surface area (Å²) in [7, 11) is -3.56. The third-order valence-corrected chi connectivity index (χ3v) is 7.63. The fourth-order valence-electron chi connectivity index (χ4n) is 3.86. The molecule has 158 valence electrons. The lowest BCUT2D eigenvalue weighted by molar-refractivity contribution is 0.0644. The fourth-order valence-corrected chi connectivity index (χ4v) is 5.59. The van der Waals surface area contributed by atoms with E-state index in [2.05, 4.69) is 4.90 Å². The van der Waals surface area contributed by atoms with Crippen LogP contribution in [0.5, 0.6) is 0 Å². The van der Waals surface area contributed by atoms with Crippen molar-refractivity contribution in [3.05, 3.63) is 64.7 Å². The predicted octanol–water partition coefficient (Wildman–Crippen LogP) is 2.33. The molecule has 0 unspecified atom stereocenters. The second-order valence-corrected chi connectivity index (χ2v) is 9.74. The molecule has 9 heteroatoms. The van der Waals surface area contributed by atoms with Gasteiger partial charge in [-0.15, -0.1) is 0 Å². The number of rotatable bonds is 6. The molecule has 2 aliphatic heterocycles. The molecule has 30 heavy (non-hydrogen) atoms. The van der Waals surface area contributed by atoms with Gasteiger partial charge in [0.25, 0.3) is 11.8 Å². The largest absolute Gasteiger partial charge is 0.301 e. The zero-order valence-electron chi connectivity index (χ0n) is 16.3. The summed E-state index contributed by atoms with van der Waals surface area (Å²) in [5, 5.41) is 0.392. The lowest BCUT2D eigenvalue weighted by atomic mass is 10.1. The summed E-state index contributed by atoms with van der Waals surface area (Å²) >= 11 is 5.93. The molecular formula is C21H22ClN3O4S. The van der Waals surface area contributed by atoms with E-state index < -0.39 is 10.0 Å². The van der Waals surface area contributed by atoms with Gasteiger partial charge in [-0.05, 0) is 43.3 Å². The zero-order chi connectivity index (χ0) is 21.3. The highest BCUT2D eigenvalue weighted by Crippen LogP contribution is 2.23. The van der Waals surface area contributed by atoms with Crippen LogP contribution in [0.2, 0.25) is 5.02 Å². The van der Waals surface area contributed by atoms with E-state index in [1.165, 1.54) is 15.3 Å². The average molecular weight is 448 g/mol. The molecule has 2 aliphatic rings. The number of piperazine rings is 1. The minimum atomic E-state index is -3.56. The van der Waals surface area contributed by atoms with Crippen molar-refractivity contribution < 1.29 is 18.0 Å². The summed E-state index contributed by atoms with van der Waals surface area (Å²) in [6, 6.07) is 13.2. The molecule has 0 aromatic heterocycles. The minimum absolute atomic E-state index is 0.203. The van der Waals surface area contributed by atoms with E-state index in [1.807, 2.05) is 0 Å². The number of imide groups is 1. The Hall–Kier alpha value is -2.26. The van der Waals surface area contributed by atoms with Gasteiger partial charge in [0.1, 0.15) is 0 Å². The number of nitrogens with zero attached hydrogens (tertiary/aromatic N) is 3. The van der Waals surface area contributed by atoms with Gasteiger partial charge in [0.05, 0.1) is 16.0 Å². The Morgan fingerprint density at radius 3 is 2.07 bits per heavy atom. The molecule has 7 nitrogen and oxygen atoms in total. The highest BCUT2D eigenvalue weighted by atomic mass is 35.5. The van der Waals surface area contributed by atoms with E-state index in [0.717, 1.165) is 0 Å². The first-order valence-electron chi connectivity index (χ1n) is 9.81. The lowest BCUT2D eigenvalue weighted by Gasteiger charge is -2.34. The lowest BCUT2D eigenvalue weighted by Crippen LogP contribution is -2.49. The van der Waals surface area contributed by atoms with Crippen LogP contribution in [0.15, 0.2) is 53.4 Å². The number of amides is 2. The minimum Gasteiger partial charge on any atom is -0.301 e. The highest BCUT2D eigenvalue weighted by Gasteiger charge is 2.35. The number of fused-ring (bicyclic) bond motifs is 1. The van der Waals surface area contributed by atoms with Gasteiger partial charge in [0, 0.05) is 37.7 Å². The monoisotopic (exact) mass is 447 g/mol. The van der Waals surface area contributed by atoms with Crippen molar-refractivity contribution in [2.45, 2.75) is 11.3 Å². The quantitative estimate of drug-likeness (QED) is 0.635. The number of benzene rings is 2. The van der Waals surface area contributed by atoms with Crippen molar-refractivity contribution >= 4 is 33.4 Å². The number of carbonyl (C=O) groups is 2. The van der Waals surface area contributed by atoms with E-state index in [9.17, 15) is 18.0 Å². The normalized spacial score (nSPS) is 18.1. The molecule has 1 saturated heterocycles.